The highest BCUT2D eigenvalue weighted by Gasteiger charge is 2.37. The van der Waals surface area contributed by atoms with Gasteiger partial charge in [-0.3, -0.25) is 9.36 Å². The van der Waals surface area contributed by atoms with E-state index in [1.807, 2.05) is 41.4 Å². The molecule has 1 aliphatic carbocycles. The van der Waals surface area contributed by atoms with Gasteiger partial charge in [0.15, 0.2) is 17.3 Å². The number of nitrogens with one attached hydrogen (secondary N) is 1. The minimum Gasteiger partial charge on any atom is -0.383 e. The van der Waals surface area contributed by atoms with Gasteiger partial charge in [0.1, 0.15) is 11.3 Å². The number of ether oxygens (including phenoxy) is 1. The molecule has 5 aromatic rings. The zero-order valence-corrected chi connectivity index (χ0v) is 24.7. The number of aromatic nitrogens is 6. The number of nitrogens with zero attached hydrogens (tertiary/aromatic N) is 7. The van der Waals surface area contributed by atoms with Crippen LogP contribution in [-0.2, 0) is 16.0 Å². The highest BCUT2D eigenvalue weighted by Crippen LogP contribution is 2.37. The molecule has 4 aromatic heterocycles. The predicted octanol–water partition coefficient (Wildman–Crippen LogP) is 4.02. The van der Waals surface area contributed by atoms with Crippen molar-refractivity contribution in [2.45, 2.75) is 37.3 Å². The number of hydrogen-bond acceptors (Lipinski definition) is 8. The molecule has 1 unspecified atom stereocenters. The summed E-state index contributed by atoms with van der Waals surface area (Å²) in [6.45, 7) is 5.69. The Morgan fingerprint density at radius 2 is 2.02 bits per heavy atom. The van der Waals surface area contributed by atoms with Crippen LogP contribution in [0.25, 0.3) is 34.1 Å². The lowest BCUT2D eigenvalue weighted by atomic mass is 9.90. The summed E-state index contributed by atoms with van der Waals surface area (Å²) >= 11 is 0. The second kappa shape index (κ2) is 11.3. The lowest BCUT2D eigenvalue weighted by Gasteiger charge is -2.41. The van der Waals surface area contributed by atoms with E-state index < -0.39 is 0 Å². The molecule has 44 heavy (non-hydrogen) atoms. The number of aryl methyl sites for hydroxylation is 1. The first kappa shape index (κ1) is 27.9. The fraction of sp³-hybridized carbons (Fsp3) is 0.303. The smallest absolute Gasteiger partial charge is 0.245 e. The average Bonchev–Trinajstić information content (AvgIpc) is 3.82. The first-order valence-electron chi connectivity index (χ1n) is 14.9. The molecule has 0 saturated carbocycles. The lowest BCUT2D eigenvalue weighted by molar-refractivity contribution is -0.131. The summed E-state index contributed by atoms with van der Waals surface area (Å²) in [5, 5.41) is 8.16. The van der Waals surface area contributed by atoms with E-state index in [0.717, 1.165) is 49.0 Å². The van der Waals surface area contributed by atoms with Crippen LogP contribution in [0.4, 0.5) is 5.82 Å². The van der Waals surface area contributed by atoms with E-state index in [1.165, 1.54) is 17.2 Å². The normalized spacial score (nSPS) is 17.6. The molecule has 1 fully saturated rings. The van der Waals surface area contributed by atoms with Crippen LogP contribution in [-0.4, -0.2) is 72.5 Å². The van der Waals surface area contributed by atoms with Crippen LogP contribution in [0.15, 0.2) is 79.8 Å². The van der Waals surface area contributed by atoms with E-state index in [0.29, 0.717) is 36.2 Å². The lowest BCUT2D eigenvalue weighted by Crippen LogP contribution is -2.52. The molecule has 0 spiro atoms. The maximum atomic E-state index is 12.1. The summed E-state index contributed by atoms with van der Waals surface area (Å²) in [5.74, 6) is 1.78. The van der Waals surface area contributed by atoms with E-state index >= 15 is 0 Å². The summed E-state index contributed by atoms with van der Waals surface area (Å²) in [5.41, 5.74) is 11.8. The summed E-state index contributed by atoms with van der Waals surface area (Å²) in [4.78, 5) is 28.2. The van der Waals surface area contributed by atoms with Gasteiger partial charge in [-0.1, -0.05) is 12.6 Å². The number of methoxy groups -OCH3 is 1. The van der Waals surface area contributed by atoms with Gasteiger partial charge in [-0.2, -0.15) is 5.10 Å². The van der Waals surface area contributed by atoms with Gasteiger partial charge in [0.25, 0.3) is 0 Å². The highest BCUT2D eigenvalue weighted by molar-refractivity contribution is 5.87. The predicted molar refractivity (Wildman–Crippen MR) is 168 cm³/mol. The molecular weight excluding hydrogens is 554 g/mol. The minimum absolute atomic E-state index is 0.0176. The number of carbonyl (C=O) groups is 1. The fourth-order valence-electron chi connectivity index (χ4n) is 6.49. The molecule has 224 valence electrons. The molecule has 1 saturated heterocycles. The molecule has 3 N–H and O–H groups in total. The van der Waals surface area contributed by atoms with E-state index in [1.54, 1.807) is 24.2 Å². The third-order valence-electron chi connectivity index (χ3n) is 9.04. The highest BCUT2D eigenvalue weighted by atomic mass is 16.5. The maximum Gasteiger partial charge on any atom is 0.245 e. The molecular formula is C33H35N9O2. The molecule has 0 radical (unpaired) electrons. The fourth-order valence-corrected chi connectivity index (χ4v) is 6.49. The van der Waals surface area contributed by atoms with Crippen LogP contribution < -0.4 is 11.1 Å². The Morgan fingerprint density at radius 3 is 2.77 bits per heavy atom. The molecule has 2 aliphatic rings. The van der Waals surface area contributed by atoms with Crippen LogP contribution in [0.1, 0.15) is 36.4 Å². The number of pyridine rings is 2. The molecule has 1 atom stereocenters. The Labute approximate surface area is 255 Å². The number of piperidine rings is 1. The molecule has 11 heteroatoms. The van der Waals surface area contributed by atoms with Crippen LogP contribution in [0.3, 0.4) is 0 Å². The number of amides is 1. The van der Waals surface area contributed by atoms with Crippen LogP contribution in [0.5, 0.6) is 0 Å². The monoisotopic (exact) mass is 589 g/mol. The number of likely N-dealkylation sites (tertiary alicyclic amines) is 1. The van der Waals surface area contributed by atoms with Gasteiger partial charge in [-0.15, -0.1) is 0 Å². The Hall–Kier alpha value is -4.87. The topological polar surface area (TPSA) is 129 Å². The molecule has 0 bridgehead atoms. The number of anilines is 1. The Balaban J connectivity index is 1.20. The Kier molecular flexibility index (Phi) is 7.19. The summed E-state index contributed by atoms with van der Waals surface area (Å²) in [7, 11) is 1.77. The van der Waals surface area contributed by atoms with Crippen LogP contribution in [0.2, 0.25) is 0 Å². The first-order chi connectivity index (χ1) is 21.5. The maximum absolute atomic E-state index is 12.1. The van der Waals surface area contributed by atoms with Crippen molar-refractivity contribution >= 4 is 22.9 Å². The zero-order valence-electron chi connectivity index (χ0n) is 24.7. The third kappa shape index (κ3) is 4.93. The standard InChI is InChI=1S/C33H35N9O2/c1-3-29(43)40-18-13-33(44-2,14-19-40)21-36-26-10-7-22-20-23(8-9-24(22)26)42-31(25-6-4-15-35-30(25)34)38-27-11-12-28(39-32(27)42)41-17-5-16-37-41/h3-6,8-9,11-12,15-17,20,26,36H,1,7,10,13-14,18-19,21H2,2H3,(H2,34,35). The van der Waals surface area contributed by atoms with Crippen molar-refractivity contribution in [3.63, 3.8) is 0 Å². The largest absolute Gasteiger partial charge is 0.383 e. The van der Waals surface area contributed by atoms with Gasteiger partial charge in [0, 0.05) is 57.1 Å². The Bertz CT molecular complexity index is 1840. The second-order valence-corrected chi connectivity index (χ2v) is 11.4. The van der Waals surface area contributed by atoms with E-state index in [2.05, 4.69) is 44.7 Å². The van der Waals surface area contributed by atoms with Crippen LogP contribution >= 0.6 is 0 Å². The van der Waals surface area contributed by atoms with E-state index in [9.17, 15) is 4.79 Å². The van der Waals surface area contributed by atoms with Crippen molar-refractivity contribution in [3.05, 3.63) is 90.9 Å². The van der Waals surface area contributed by atoms with Gasteiger partial charge >= 0.3 is 0 Å². The zero-order chi connectivity index (χ0) is 30.3. The number of nitrogens with two attached hydrogens (primary N) is 1. The SMILES string of the molecule is C=CC(=O)N1CCC(CNC2CCc3cc(-n4c(-c5cccnc5N)nc5ccc(-n6cccn6)nc54)ccc32)(OC)CC1. The second-order valence-electron chi connectivity index (χ2n) is 11.4. The first-order valence-corrected chi connectivity index (χ1v) is 14.9. The number of hydrogen-bond donors (Lipinski definition) is 2. The minimum atomic E-state index is -0.299. The van der Waals surface area contributed by atoms with Gasteiger partial charge in [0.05, 0.1) is 11.2 Å². The van der Waals surface area contributed by atoms with E-state index in [4.69, 9.17) is 20.4 Å². The van der Waals surface area contributed by atoms with Crippen molar-refractivity contribution in [1.82, 2.24) is 39.5 Å². The number of benzene rings is 1. The van der Waals surface area contributed by atoms with Crippen molar-refractivity contribution in [3.8, 4) is 22.9 Å². The summed E-state index contributed by atoms with van der Waals surface area (Å²) in [6, 6.07) is 16.3. The van der Waals surface area contributed by atoms with Gasteiger partial charge in [0.2, 0.25) is 5.91 Å². The molecule has 1 aromatic carbocycles. The van der Waals surface area contributed by atoms with Gasteiger partial charge in [-0.05, 0) is 85.4 Å². The van der Waals surface area contributed by atoms with Crippen molar-refractivity contribution < 1.29 is 9.53 Å². The number of rotatable bonds is 8. The Morgan fingerprint density at radius 1 is 1.16 bits per heavy atom. The quantitative estimate of drug-likeness (QED) is 0.260. The number of carbonyl (C=O) groups excluding carboxylic acids is 1. The number of nitrogen functional groups attached to an aromatic ring is 1. The molecule has 5 heterocycles. The van der Waals surface area contributed by atoms with E-state index in [-0.39, 0.29) is 17.6 Å². The average molecular weight is 590 g/mol. The molecule has 1 amide bonds. The molecule has 11 nitrogen and oxygen atoms in total. The van der Waals surface area contributed by atoms with Gasteiger partial charge in [-0.25, -0.2) is 19.6 Å². The van der Waals surface area contributed by atoms with Gasteiger partial charge < -0.3 is 20.7 Å². The van der Waals surface area contributed by atoms with Crippen molar-refractivity contribution in [2.24, 2.45) is 0 Å². The molecule has 1 aliphatic heterocycles. The number of fused-ring (bicyclic) bond motifs is 2. The summed E-state index contributed by atoms with van der Waals surface area (Å²) in [6.07, 6.45) is 10.2. The summed E-state index contributed by atoms with van der Waals surface area (Å²) < 4.78 is 9.84. The van der Waals surface area contributed by atoms with Crippen molar-refractivity contribution in [2.75, 3.05) is 32.5 Å². The molecule has 7 rings (SSSR count). The van der Waals surface area contributed by atoms with Crippen molar-refractivity contribution in [1.29, 1.82) is 0 Å². The number of imidazole rings is 1. The third-order valence-corrected chi connectivity index (χ3v) is 9.04. The van der Waals surface area contributed by atoms with Crippen LogP contribution in [0, 0.1) is 0 Å².